The van der Waals surface area contributed by atoms with E-state index in [0.717, 1.165) is 5.56 Å². The van der Waals surface area contributed by atoms with Crippen molar-refractivity contribution in [1.29, 1.82) is 0 Å². The van der Waals surface area contributed by atoms with Crippen LogP contribution in [0.2, 0.25) is 0 Å². The maximum atomic E-state index is 15.1. The number of pyridine rings is 1. The minimum atomic E-state index is -1.51. The molecule has 1 unspecified atom stereocenters. The highest BCUT2D eigenvalue weighted by molar-refractivity contribution is 6.19. The van der Waals surface area contributed by atoms with Crippen LogP contribution >= 0.6 is 0 Å². The molecular formula is C26H23F3N6O3. The molecule has 2 aliphatic heterocycles. The van der Waals surface area contributed by atoms with Gasteiger partial charge in [-0.3, -0.25) is 9.59 Å². The number of hydrogen-bond donors (Lipinski definition) is 3. The maximum Gasteiger partial charge on any atom is 0.269 e. The van der Waals surface area contributed by atoms with Crippen molar-refractivity contribution in [1.82, 2.24) is 10.3 Å². The first kappa shape index (κ1) is 25.2. The Bertz CT molecular complexity index is 1400. The highest BCUT2D eigenvalue weighted by atomic mass is 19.2. The summed E-state index contributed by atoms with van der Waals surface area (Å²) in [5, 5.41) is 7.64. The van der Waals surface area contributed by atoms with E-state index in [0.29, 0.717) is 17.0 Å². The molecule has 1 fully saturated rings. The second-order valence-corrected chi connectivity index (χ2v) is 8.53. The van der Waals surface area contributed by atoms with Crippen LogP contribution < -0.4 is 20.9 Å². The van der Waals surface area contributed by atoms with Crippen LogP contribution in [-0.2, 0) is 14.3 Å². The Labute approximate surface area is 215 Å². The lowest BCUT2D eigenvalue weighted by Gasteiger charge is -2.29. The van der Waals surface area contributed by atoms with E-state index in [2.05, 4.69) is 25.9 Å². The summed E-state index contributed by atoms with van der Waals surface area (Å²) in [4.78, 5) is 34.7. The van der Waals surface area contributed by atoms with Crippen molar-refractivity contribution in [3.05, 3.63) is 83.3 Å². The molecule has 2 aromatic carbocycles. The summed E-state index contributed by atoms with van der Waals surface area (Å²) in [6, 6.07) is 16.2. The van der Waals surface area contributed by atoms with Crippen molar-refractivity contribution in [2.75, 3.05) is 48.4 Å². The molecule has 0 bridgehead atoms. The fourth-order valence-electron chi connectivity index (χ4n) is 4.23. The summed E-state index contributed by atoms with van der Waals surface area (Å²) in [5.41, 5.74) is 1.84. The molecule has 1 aromatic heterocycles. The molecule has 1 atom stereocenters. The summed E-state index contributed by atoms with van der Waals surface area (Å²) >= 11 is 0. The molecule has 3 heterocycles. The van der Waals surface area contributed by atoms with Gasteiger partial charge in [0.1, 0.15) is 5.69 Å². The molecule has 3 aromatic rings. The van der Waals surface area contributed by atoms with E-state index in [9.17, 15) is 18.4 Å². The average molecular weight is 525 g/mol. The lowest BCUT2D eigenvalue weighted by atomic mass is 10.0. The number of carbonyl (C=O) groups is 2. The maximum absolute atomic E-state index is 15.1. The van der Waals surface area contributed by atoms with E-state index in [-0.39, 0.29) is 26.3 Å². The summed E-state index contributed by atoms with van der Waals surface area (Å²) in [7, 11) is 0. The van der Waals surface area contributed by atoms with Crippen LogP contribution in [0, 0.1) is 17.6 Å². The highest BCUT2D eigenvalue weighted by Crippen LogP contribution is 2.30. The highest BCUT2D eigenvalue weighted by Gasteiger charge is 2.29. The number of anilines is 3. The standard InChI is InChI=1S/C26H23F3N6O3/c27-19-22(35-10-12-38-13-11-35)20(28)24(34-23(19)29)30-14-18(36)32-25-26(37)31-17-9-5-4-8-16(17)21(33-25)15-6-2-1-3-7-15/h1-9,25H,10-14H2,(H,30,34)(H,31,37)(H,32,36). The Morgan fingerprint density at radius 1 is 1.03 bits per heavy atom. The number of halogens is 3. The van der Waals surface area contributed by atoms with E-state index in [1.54, 1.807) is 24.3 Å². The molecule has 0 saturated carbocycles. The van der Waals surface area contributed by atoms with Crippen molar-refractivity contribution in [2.45, 2.75) is 6.17 Å². The first-order valence-electron chi connectivity index (χ1n) is 11.9. The van der Waals surface area contributed by atoms with Gasteiger partial charge in [-0.2, -0.15) is 13.8 Å². The summed E-state index contributed by atoms with van der Waals surface area (Å²) in [6.45, 7) is 0.209. The van der Waals surface area contributed by atoms with Crippen LogP contribution in [0.5, 0.6) is 0 Å². The van der Waals surface area contributed by atoms with E-state index >= 15 is 4.39 Å². The molecule has 5 rings (SSSR count). The number of fused-ring (bicyclic) bond motifs is 1. The van der Waals surface area contributed by atoms with Crippen LogP contribution in [0.4, 0.5) is 30.4 Å². The van der Waals surface area contributed by atoms with Gasteiger partial charge in [0, 0.05) is 24.2 Å². The van der Waals surface area contributed by atoms with Gasteiger partial charge in [-0.05, 0) is 6.07 Å². The first-order chi connectivity index (χ1) is 18.4. The van der Waals surface area contributed by atoms with Crippen molar-refractivity contribution < 1.29 is 27.5 Å². The molecular weight excluding hydrogens is 501 g/mol. The van der Waals surface area contributed by atoms with Crippen LogP contribution in [0.25, 0.3) is 0 Å². The topological polar surface area (TPSA) is 108 Å². The van der Waals surface area contributed by atoms with Gasteiger partial charge in [-0.15, -0.1) is 0 Å². The van der Waals surface area contributed by atoms with Gasteiger partial charge in [-0.1, -0.05) is 48.5 Å². The van der Waals surface area contributed by atoms with Gasteiger partial charge in [-0.25, -0.2) is 9.38 Å². The van der Waals surface area contributed by atoms with Gasteiger partial charge >= 0.3 is 0 Å². The van der Waals surface area contributed by atoms with Crippen molar-refractivity contribution in [3.8, 4) is 0 Å². The molecule has 3 N–H and O–H groups in total. The minimum absolute atomic E-state index is 0.165. The number of rotatable bonds is 6. The molecule has 38 heavy (non-hydrogen) atoms. The molecule has 0 radical (unpaired) electrons. The third-order valence-electron chi connectivity index (χ3n) is 6.05. The zero-order valence-corrected chi connectivity index (χ0v) is 20.0. The number of aliphatic imine (C=N–C) groups is 1. The number of carbonyl (C=O) groups excluding carboxylic acids is 2. The molecule has 0 spiro atoms. The van der Waals surface area contributed by atoms with Crippen LogP contribution in [0.15, 0.2) is 59.6 Å². The van der Waals surface area contributed by atoms with Gasteiger partial charge < -0.3 is 25.6 Å². The second kappa shape index (κ2) is 10.9. The summed E-state index contributed by atoms with van der Waals surface area (Å²) in [5.74, 6) is -6.02. The molecule has 2 amide bonds. The zero-order chi connectivity index (χ0) is 26.6. The number of aromatic nitrogens is 1. The number of para-hydroxylation sites is 1. The van der Waals surface area contributed by atoms with E-state index in [1.807, 2.05) is 30.3 Å². The molecule has 1 saturated heterocycles. The number of ether oxygens (including phenoxy) is 1. The Morgan fingerprint density at radius 2 is 1.74 bits per heavy atom. The third-order valence-corrected chi connectivity index (χ3v) is 6.05. The Balaban J connectivity index is 1.35. The lowest BCUT2D eigenvalue weighted by Crippen LogP contribution is -2.44. The van der Waals surface area contributed by atoms with Crippen LogP contribution in [0.1, 0.15) is 11.1 Å². The number of hydrogen-bond acceptors (Lipinski definition) is 7. The summed E-state index contributed by atoms with van der Waals surface area (Å²) < 4.78 is 48.8. The Morgan fingerprint density at radius 3 is 2.50 bits per heavy atom. The normalized spacial score (nSPS) is 17.1. The van der Waals surface area contributed by atoms with E-state index in [1.165, 1.54) is 4.90 Å². The SMILES string of the molecule is O=C(CNc1nc(F)c(F)c(N2CCOCC2)c1F)NC1N=C(c2ccccc2)c2ccccc2NC1=O. The van der Waals surface area contributed by atoms with E-state index in [4.69, 9.17) is 4.74 Å². The predicted molar refractivity (Wildman–Crippen MR) is 135 cm³/mol. The fourth-order valence-corrected chi connectivity index (χ4v) is 4.23. The van der Waals surface area contributed by atoms with E-state index < -0.39 is 53.6 Å². The van der Waals surface area contributed by atoms with Gasteiger partial charge in [0.05, 0.1) is 31.2 Å². The van der Waals surface area contributed by atoms with Crippen molar-refractivity contribution in [2.24, 2.45) is 4.99 Å². The van der Waals surface area contributed by atoms with Crippen molar-refractivity contribution in [3.63, 3.8) is 0 Å². The minimum Gasteiger partial charge on any atom is -0.378 e. The molecule has 0 aliphatic carbocycles. The first-order valence-corrected chi connectivity index (χ1v) is 11.9. The average Bonchev–Trinajstić information content (AvgIpc) is 3.07. The summed E-state index contributed by atoms with van der Waals surface area (Å²) in [6.07, 6.45) is -1.31. The third kappa shape index (κ3) is 5.16. The number of benzodiazepines with no additional fused rings is 1. The van der Waals surface area contributed by atoms with Gasteiger partial charge in [0.15, 0.2) is 11.6 Å². The number of nitrogens with zero attached hydrogens (tertiary/aromatic N) is 3. The zero-order valence-electron chi connectivity index (χ0n) is 20.0. The quantitative estimate of drug-likeness (QED) is 0.428. The van der Waals surface area contributed by atoms with Gasteiger partial charge in [0.2, 0.25) is 17.9 Å². The molecule has 12 heteroatoms. The smallest absolute Gasteiger partial charge is 0.269 e. The second-order valence-electron chi connectivity index (χ2n) is 8.53. The monoisotopic (exact) mass is 524 g/mol. The van der Waals surface area contributed by atoms with Crippen LogP contribution in [-0.4, -0.2) is 61.5 Å². The molecule has 9 nitrogen and oxygen atoms in total. The fraction of sp³-hybridized carbons (Fsp3) is 0.231. The molecule has 196 valence electrons. The number of morpholine rings is 1. The van der Waals surface area contributed by atoms with Crippen molar-refractivity contribution >= 4 is 34.7 Å². The predicted octanol–water partition coefficient (Wildman–Crippen LogP) is 2.68. The van der Waals surface area contributed by atoms with Crippen LogP contribution in [0.3, 0.4) is 0 Å². The lowest BCUT2D eigenvalue weighted by molar-refractivity contribution is -0.125. The van der Waals surface area contributed by atoms with Gasteiger partial charge in [0.25, 0.3) is 11.9 Å². The largest absolute Gasteiger partial charge is 0.378 e. The number of amides is 2. The number of benzene rings is 2. The number of nitrogens with one attached hydrogen (secondary N) is 3. The Kier molecular flexibility index (Phi) is 7.22. The molecule has 2 aliphatic rings. The Hall–Kier alpha value is -4.45.